The van der Waals surface area contributed by atoms with Gasteiger partial charge in [0, 0.05) is 5.02 Å². The summed E-state index contributed by atoms with van der Waals surface area (Å²) >= 11 is 5.80. The summed E-state index contributed by atoms with van der Waals surface area (Å²) in [5, 5.41) is 0.603. The Bertz CT molecular complexity index is 428. The number of carbonyl (C=O) groups is 2. The van der Waals surface area contributed by atoms with Crippen molar-refractivity contribution >= 4 is 23.5 Å². The number of hydrogen-bond donors (Lipinski definition) is 1. The average Bonchev–Trinajstić information content (AvgIpc) is 2.29. The Balaban J connectivity index is 2.85. The van der Waals surface area contributed by atoms with Crippen molar-refractivity contribution in [1.29, 1.82) is 0 Å². The van der Waals surface area contributed by atoms with Gasteiger partial charge in [-0.05, 0) is 23.6 Å². The maximum absolute atomic E-state index is 11.9. The van der Waals surface area contributed by atoms with Gasteiger partial charge < -0.3 is 10.5 Å². The third kappa shape index (κ3) is 4.04. The van der Waals surface area contributed by atoms with Gasteiger partial charge in [-0.15, -0.1) is 0 Å². The number of nitrogens with two attached hydrogens (primary N) is 1. The number of halogens is 1. The fourth-order valence-corrected chi connectivity index (χ4v) is 1.82. The zero-order chi connectivity index (χ0) is 13.7. The minimum absolute atomic E-state index is 0.0477. The van der Waals surface area contributed by atoms with Crippen molar-refractivity contribution < 1.29 is 14.3 Å². The lowest BCUT2D eigenvalue weighted by atomic mass is 9.88. The van der Waals surface area contributed by atoms with Crippen LogP contribution in [0.15, 0.2) is 24.3 Å². The predicted molar refractivity (Wildman–Crippen MR) is 69.2 cm³/mol. The molecule has 0 spiro atoms. The van der Waals surface area contributed by atoms with E-state index in [-0.39, 0.29) is 5.92 Å². The summed E-state index contributed by atoms with van der Waals surface area (Å²) < 4.78 is 4.87. The summed E-state index contributed by atoms with van der Waals surface area (Å²) in [6, 6.07) is 6.98. The lowest BCUT2D eigenvalue weighted by Crippen LogP contribution is -2.26. The number of ether oxygens (including phenoxy) is 1. The first kappa shape index (κ1) is 14.5. The number of primary amides is 1. The van der Waals surface area contributed by atoms with Crippen LogP contribution in [0.1, 0.15) is 25.3 Å². The van der Waals surface area contributed by atoms with E-state index >= 15 is 0 Å². The quantitative estimate of drug-likeness (QED) is 0.833. The molecule has 0 aliphatic rings. The van der Waals surface area contributed by atoms with Gasteiger partial charge in [0.05, 0.1) is 5.92 Å². The third-order valence-corrected chi connectivity index (χ3v) is 2.76. The molecule has 0 aliphatic carbocycles. The van der Waals surface area contributed by atoms with E-state index in [4.69, 9.17) is 22.1 Å². The van der Waals surface area contributed by atoms with Crippen LogP contribution in [0, 0.1) is 5.92 Å². The molecule has 18 heavy (non-hydrogen) atoms. The second-order valence-electron chi connectivity index (χ2n) is 4.35. The fraction of sp³-hybridized carbons (Fsp3) is 0.385. The monoisotopic (exact) mass is 269 g/mol. The van der Waals surface area contributed by atoms with E-state index in [9.17, 15) is 9.59 Å². The van der Waals surface area contributed by atoms with Crippen LogP contribution in [-0.4, -0.2) is 18.5 Å². The van der Waals surface area contributed by atoms with Crippen LogP contribution in [0.3, 0.4) is 0 Å². The summed E-state index contributed by atoms with van der Waals surface area (Å²) in [5.74, 6) is -1.50. The molecule has 0 aromatic heterocycles. The largest absolute Gasteiger partial charge is 0.455 e. The Morgan fingerprint density at radius 2 is 1.83 bits per heavy atom. The fourth-order valence-electron chi connectivity index (χ4n) is 1.70. The molecule has 1 aromatic carbocycles. The molecule has 0 heterocycles. The smallest absolute Gasteiger partial charge is 0.314 e. The number of rotatable bonds is 5. The summed E-state index contributed by atoms with van der Waals surface area (Å²) in [6.07, 6.45) is 0. The van der Waals surface area contributed by atoms with Crippen LogP contribution >= 0.6 is 11.6 Å². The molecule has 0 saturated heterocycles. The van der Waals surface area contributed by atoms with Gasteiger partial charge in [-0.2, -0.15) is 0 Å². The van der Waals surface area contributed by atoms with Crippen molar-refractivity contribution in [3.63, 3.8) is 0 Å². The SMILES string of the molecule is CC(C)[C@@H](C(=O)OCC(N)=O)c1ccc(Cl)cc1. The van der Waals surface area contributed by atoms with Gasteiger partial charge in [-0.25, -0.2) is 0 Å². The maximum Gasteiger partial charge on any atom is 0.314 e. The van der Waals surface area contributed by atoms with Crippen LogP contribution in [0.25, 0.3) is 0 Å². The van der Waals surface area contributed by atoms with Crippen molar-refractivity contribution in [3.8, 4) is 0 Å². The first-order valence-electron chi connectivity index (χ1n) is 5.62. The topological polar surface area (TPSA) is 69.4 Å². The van der Waals surface area contributed by atoms with E-state index in [1.165, 1.54) is 0 Å². The normalized spacial score (nSPS) is 12.2. The molecule has 0 fully saturated rings. The molecular formula is C13H16ClNO3. The number of carbonyl (C=O) groups excluding carboxylic acids is 2. The van der Waals surface area contributed by atoms with Crippen LogP contribution in [0.5, 0.6) is 0 Å². The Hall–Kier alpha value is -1.55. The Morgan fingerprint density at radius 1 is 1.28 bits per heavy atom. The average molecular weight is 270 g/mol. The standard InChI is InChI=1S/C13H16ClNO3/c1-8(2)12(13(17)18-7-11(15)16)9-3-5-10(14)6-4-9/h3-6,8,12H,7H2,1-2H3,(H2,15,16)/t12-/m1/s1. The highest BCUT2D eigenvalue weighted by Gasteiger charge is 2.25. The maximum atomic E-state index is 11.9. The minimum Gasteiger partial charge on any atom is -0.455 e. The Kier molecular flexibility index (Phi) is 5.16. The highest BCUT2D eigenvalue weighted by molar-refractivity contribution is 6.30. The van der Waals surface area contributed by atoms with Gasteiger partial charge in [0.25, 0.3) is 5.91 Å². The third-order valence-electron chi connectivity index (χ3n) is 2.51. The summed E-state index contributed by atoms with van der Waals surface area (Å²) in [4.78, 5) is 22.5. The van der Waals surface area contributed by atoms with Crippen molar-refractivity contribution in [2.24, 2.45) is 11.7 Å². The molecule has 1 amide bonds. The van der Waals surface area contributed by atoms with Gasteiger partial charge in [0.2, 0.25) is 0 Å². The van der Waals surface area contributed by atoms with Crippen LogP contribution < -0.4 is 5.73 Å². The molecule has 1 aromatic rings. The number of hydrogen-bond acceptors (Lipinski definition) is 3. The second-order valence-corrected chi connectivity index (χ2v) is 4.78. The molecular weight excluding hydrogens is 254 g/mol. The zero-order valence-electron chi connectivity index (χ0n) is 10.4. The highest BCUT2D eigenvalue weighted by atomic mass is 35.5. The van der Waals surface area contributed by atoms with Crippen molar-refractivity contribution in [2.45, 2.75) is 19.8 Å². The molecule has 0 unspecified atom stereocenters. The molecule has 1 atom stereocenters. The molecule has 4 nitrogen and oxygen atoms in total. The first-order chi connectivity index (χ1) is 8.41. The van der Waals surface area contributed by atoms with Crippen LogP contribution in [0.2, 0.25) is 5.02 Å². The van der Waals surface area contributed by atoms with E-state index < -0.39 is 24.4 Å². The Labute approximate surface area is 111 Å². The van der Waals surface area contributed by atoms with Crippen molar-refractivity contribution in [1.82, 2.24) is 0 Å². The second kappa shape index (κ2) is 6.40. The highest BCUT2D eigenvalue weighted by Crippen LogP contribution is 2.26. The van der Waals surface area contributed by atoms with E-state index in [1.54, 1.807) is 24.3 Å². The number of amides is 1. The number of benzene rings is 1. The predicted octanol–water partition coefficient (Wildman–Crippen LogP) is 2.11. The van der Waals surface area contributed by atoms with E-state index in [0.29, 0.717) is 5.02 Å². The van der Waals surface area contributed by atoms with Gasteiger partial charge in [0.15, 0.2) is 6.61 Å². The van der Waals surface area contributed by atoms with E-state index in [2.05, 4.69) is 0 Å². The van der Waals surface area contributed by atoms with Gasteiger partial charge in [-0.3, -0.25) is 9.59 Å². The van der Waals surface area contributed by atoms with Gasteiger partial charge in [0.1, 0.15) is 0 Å². The molecule has 5 heteroatoms. The van der Waals surface area contributed by atoms with Crippen molar-refractivity contribution in [2.75, 3.05) is 6.61 Å². The lowest BCUT2D eigenvalue weighted by Gasteiger charge is -2.19. The summed E-state index contributed by atoms with van der Waals surface area (Å²) in [6.45, 7) is 3.42. The van der Waals surface area contributed by atoms with Crippen molar-refractivity contribution in [3.05, 3.63) is 34.9 Å². The van der Waals surface area contributed by atoms with Crippen LogP contribution in [-0.2, 0) is 14.3 Å². The molecule has 1 rings (SSSR count). The molecule has 2 N–H and O–H groups in total. The summed E-state index contributed by atoms with van der Waals surface area (Å²) in [7, 11) is 0. The zero-order valence-corrected chi connectivity index (χ0v) is 11.1. The van der Waals surface area contributed by atoms with Gasteiger partial charge >= 0.3 is 5.97 Å². The van der Waals surface area contributed by atoms with Gasteiger partial charge in [-0.1, -0.05) is 37.6 Å². The molecule has 0 aliphatic heterocycles. The summed E-state index contributed by atoms with van der Waals surface area (Å²) in [5.41, 5.74) is 5.75. The first-order valence-corrected chi connectivity index (χ1v) is 6.00. The lowest BCUT2D eigenvalue weighted by molar-refractivity contribution is -0.150. The molecule has 0 bridgehead atoms. The van der Waals surface area contributed by atoms with E-state index in [0.717, 1.165) is 5.56 Å². The Morgan fingerprint density at radius 3 is 2.28 bits per heavy atom. The molecule has 0 saturated carbocycles. The minimum atomic E-state index is -0.665. The van der Waals surface area contributed by atoms with Crippen LogP contribution in [0.4, 0.5) is 0 Å². The molecule has 98 valence electrons. The van der Waals surface area contributed by atoms with E-state index in [1.807, 2.05) is 13.8 Å². The molecule has 0 radical (unpaired) electrons. The number of esters is 1.